The molecule has 0 bridgehead atoms. The molecule has 170 valence electrons. The summed E-state index contributed by atoms with van der Waals surface area (Å²) < 4.78 is 1.87. The van der Waals surface area contributed by atoms with Crippen LogP contribution in [0.4, 0.5) is 5.82 Å². The van der Waals surface area contributed by atoms with Crippen molar-refractivity contribution in [1.82, 2.24) is 25.1 Å². The lowest BCUT2D eigenvalue weighted by Gasteiger charge is -2.16. The van der Waals surface area contributed by atoms with Gasteiger partial charge in [0.25, 0.3) is 5.91 Å². The molecular formula is C25H28N6OS. The third kappa shape index (κ3) is 4.35. The van der Waals surface area contributed by atoms with Gasteiger partial charge in [-0.15, -0.1) is 11.3 Å². The number of rotatable bonds is 6. The van der Waals surface area contributed by atoms with Crippen molar-refractivity contribution in [1.29, 1.82) is 0 Å². The lowest BCUT2D eigenvalue weighted by molar-refractivity contribution is 0.0952. The molecule has 1 saturated heterocycles. The highest BCUT2D eigenvalue weighted by Gasteiger charge is 2.19. The smallest absolute Gasteiger partial charge is 0.252 e. The maximum atomic E-state index is 13.3. The molecule has 5 heterocycles. The van der Waals surface area contributed by atoms with Gasteiger partial charge < -0.3 is 10.2 Å². The lowest BCUT2D eigenvalue weighted by Crippen LogP contribution is -2.24. The van der Waals surface area contributed by atoms with E-state index in [1.165, 1.54) is 17.7 Å². The third-order valence-electron chi connectivity index (χ3n) is 5.99. The average Bonchev–Trinajstić information content (AvgIpc) is 3.57. The second-order valence-electron chi connectivity index (χ2n) is 8.79. The summed E-state index contributed by atoms with van der Waals surface area (Å²) in [6.45, 7) is 8.75. The van der Waals surface area contributed by atoms with Crippen LogP contribution in [0.1, 0.15) is 53.5 Å². The highest BCUT2D eigenvalue weighted by Crippen LogP contribution is 2.30. The van der Waals surface area contributed by atoms with Crippen LogP contribution in [-0.2, 0) is 6.54 Å². The normalized spacial score (nSPS) is 13.9. The average molecular weight is 461 g/mol. The molecule has 33 heavy (non-hydrogen) atoms. The molecule has 1 aliphatic rings. The van der Waals surface area contributed by atoms with E-state index in [1.54, 1.807) is 17.5 Å². The second kappa shape index (κ2) is 8.94. The van der Waals surface area contributed by atoms with E-state index in [9.17, 15) is 4.79 Å². The summed E-state index contributed by atoms with van der Waals surface area (Å²) in [6, 6.07) is 10.2. The van der Waals surface area contributed by atoms with Crippen molar-refractivity contribution < 1.29 is 4.79 Å². The number of aromatic nitrogens is 4. The Morgan fingerprint density at radius 1 is 1.15 bits per heavy atom. The van der Waals surface area contributed by atoms with Crippen molar-refractivity contribution in [3.05, 3.63) is 58.7 Å². The zero-order chi connectivity index (χ0) is 22.9. The summed E-state index contributed by atoms with van der Waals surface area (Å²) in [5.41, 5.74) is 3.10. The first kappa shape index (κ1) is 21.6. The minimum atomic E-state index is -0.135. The van der Waals surface area contributed by atoms with Crippen molar-refractivity contribution in [3.8, 4) is 10.6 Å². The van der Waals surface area contributed by atoms with Gasteiger partial charge in [0.15, 0.2) is 5.65 Å². The first-order chi connectivity index (χ1) is 16.0. The van der Waals surface area contributed by atoms with Gasteiger partial charge in [0, 0.05) is 36.8 Å². The molecule has 1 aliphatic heterocycles. The van der Waals surface area contributed by atoms with E-state index in [4.69, 9.17) is 4.98 Å². The van der Waals surface area contributed by atoms with Gasteiger partial charge in [0.2, 0.25) is 0 Å². The van der Waals surface area contributed by atoms with E-state index in [1.807, 2.05) is 29.1 Å². The van der Waals surface area contributed by atoms with E-state index < -0.39 is 0 Å². The monoisotopic (exact) mass is 460 g/mol. The summed E-state index contributed by atoms with van der Waals surface area (Å²) in [5, 5.41) is 8.34. The Labute approximate surface area is 197 Å². The van der Waals surface area contributed by atoms with Gasteiger partial charge in [-0.2, -0.15) is 5.10 Å². The zero-order valence-corrected chi connectivity index (χ0v) is 20.0. The number of hydrogen-bond acceptors (Lipinski definition) is 6. The molecule has 4 aromatic heterocycles. The van der Waals surface area contributed by atoms with E-state index in [0.717, 1.165) is 46.1 Å². The zero-order valence-electron chi connectivity index (χ0n) is 19.2. The molecule has 0 atom stereocenters. The number of anilines is 1. The Hall–Kier alpha value is -3.26. The maximum Gasteiger partial charge on any atom is 0.252 e. The third-order valence-corrected chi connectivity index (χ3v) is 7.01. The van der Waals surface area contributed by atoms with Gasteiger partial charge in [-0.25, -0.2) is 14.6 Å². The van der Waals surface area contributed by atoms with Crippen molar-refractivity contribution in [2.45, 2.75) is 46.2 Å². The minimum Gasteiger partial charge on any atom is -0.357 e. The van der Waals surface area contributed by atoms with Crippen molar-refractivity contribution >= 4 is 34.1 Å². The largest absolute Gasteiger partial charge is 0.357 e. The molecule has 8 heteroatoms. The number of thiophene rings is 1. The van der Waals surface area contributed by atoms with Crippen LogP contribution in [0.25, 0.3) is 21.6 Å². The predicted octanol–water partition coefficient (Wildman–Crippen LogP) is 4.97. The second-order valence-corrected chi connectivity index (χ2v) is 10.1. The predicted molar refractivity (Wildman–Crippen MR) is 133 cm³/mol. The lowest BCUT2D eigenvalue weighted by atomic mass is 10.1. The Morgan fingerprint density at radius 2 is 1.97 bits per heavy atom. The molecule has 7 nitrogen and oxygen atoms in total. The maximum absolute atomic E-state index is 13.3. The fourth-order valence-corrected chi connectivity index (χ4v) is 5.04. The number of nitrogens with one attached hydrogen (secondary N) is 1. The summed E-state index contributed by atoms with van der Waals surface area (Å²) in [7, 11) is 0. The molecule has 0 spiro atoms. The quantitative estimate of drug-likeness (QED) is 0.439. The topological polar surface area (TPSA) is 75.9 Å². The van der Waals surface area contributed by atoms with E-state index >= 15 is 0 Å². The fourth-order valence-electron chi connectivity index (χ4n) is 4.21. The van der Waals surface area contributed by atoms with Gasteiger partial charge in [-0.3, -0.25) is 4.79 Å². The Morgan fingerprint density at radius 3 is 2.64 bits per heavy atom. The summed E-state index contributed by atoms with van der Waals surface area (Å²) >= 11 is 1.67. The standard InChI is InChI=1S/C25H28N6OS/c1-16(2)31-24-20(15-28-31)19(12-21(29-24)22-8-6-17(3)33-22)25(32)27-14-18-7-9-23(26-13-18)30-10-4-5-11-30/h6-9,12-13,15-16H,4-5,10-11,14H2,1-3H3,(H,27,32). The molecule has 0 radical (unpaired) electrons. The van der Waals surface area contributed by atoms with Crippen LogP contribution in [-0.4, -0.2) is 38.7 Å². The summed E-state index contributed by atoms with van der Waals surface area (Å²) in [4.78, 5) is 27.3. The first-order valence-electron chi connectivity index (χ1n) is 11.4. The number of hydrogen-bond donors (Lipinski definition) is 1. The van der Waals surface area contributed by atoms with Gasteiger partial charge in [0.05, 0.1) is 27.7 Å². The van der Waals surface area contributed by atoms with Crippen molar-refractivity contribution in [2.24, 2.45) is 0 Å². The number of amides is 1. The molecule has 1 amide bonds. The van der Waals surface area contributed by atoms with Crippen molar-refractivity contribution in [2.75, 3.05) is 18.0 Å². The van der Waals surface area contributed by atoms with Gasteiger partial charge >= 0.3 is 0 Å². The Kier molecular flexibility index (Phi) is 5.85. The molecule has 0 unspecified atom stereocenters. The number of fused-ring (bicyclic) bond motifs is 1. The number of pyridine rings is 2. The summed E-state index contributed by atoms with van der Waals surface area (Å²) in [6.07, 6.45) is 6.04. The highest BCUT2D eigenvalue weighted by atomic mass is 32.1. The molecule has 4 aromatic rings. The van der Waals surface area contributed by atoms with Crippen LogP contribution in [0.5, 0.6) is 0 Å². The number of aryl methyl sites for hydroxylation is 1. The van der Waals surface area contributed by atoms with Crippen LogP contribution < -0.4 is 10.2 Å². The molecule has 1 N–H and O–H groups in total. The number of nitrogens with zero attached hydrogens (tertiary/aromatic N) is 5. The van der Waals surface area contributed by atoms with Crippen LogP contribution in [0.2, 0.25) is 0 Å². The minimum absolute atomic E-state index is 0.135. The fraction of sp³-hybridized carbons (Fsp3) is 0.360. The van der Waals surface area contributed by atoms with E-state index in [2.05, 4.69) is 53.2 Å². The van der Waals surface area contributed by atoms with Crippen LogP contribution in [0.3, 0.4) is 0 Å². The van der Waals surface area contributed by atoms with Crippen LogP contribution in [0, 0.1) is 6.92 Å². The van der Waals surface area contributed by atoms with E-state index in [0.29, 0.717) is 12.1 Å². The number of carbonyl (C=O) groups excluding carboxylic acids is 1. The van der Waals surface area contributed by atoms with E-state index in [-0.39, 0.29) is 11.9 Å². The summed E-state index contributed by atoms with van der Waals surface area (Å²) in [5.74, 6) is 0.874. The number of carbonyl (C=O) groups is 1. The van der Waals surface area contributed by atoms with Gasteiger partial charge in [-0.05, 0) is 63.4 Å². The van der Waals surface area contributed by atoms with Gasteiger partial charge in [0.1, 0.15) is 5.82 Å². The van der Waals surface area contributed by atoms with Crippen LogP contribution >= 0.6 is 11.3 Å². The first-order valence-corrected chi connectivity index (χ1v) is 12.2. The Bertz CT molecular complexity index is 1280. The highest BCUT2D eigenvalue weighted by molar-refractivity contribution is 7.15. The molecule has 0 aromatic carbocycles. The molecular weight excluding hydrogens is 432 g/mol. The van der Waals surface area contributed by atoms with Gasteiger partial charge in [-0.1, -0.05) is 6.07 Å². The molecule has 0 aliphatic carbocycles. The molecule has 1 fully saturated rings. The SMILES string of the molecule is Cc1ccc(-c2cc(C(=O)NCc3ccc(N4CCCC4)nc3)c3cnn(C(C)C)c3n2)s1. The van der Waals surface area contributed by atoms with Crippen LogP contribution in [0.15, 0.2) is 42.7 Å². The molecule has 0 saturated carbocycles. The molecule has 5 rings (SSSR count). The van der Waals surface area contributed by atoms with Crippen molar-refractivity contribution in [3.63, 3.8) is 0 Å². The Balaban J connectivity index is 1.41.